The van der Waals surface area contributed by atoms with Crippen molar-refractivity contribution in [3.63, 3.8) is 0 Å². The summed E-state index contributed by atoms with van der Waals surface area (Å²) in [5, 5.41) is 32.5. The molecule has 6 nitrogen and oxygen atoms in total. The molecule has 2 fully saturated rings. The van der Waals surface area contributed by atoms with Crippen LogP contribution in [0, 0.1) is 45.3 Å². The molecule has 2 saturated carbocycles. The van der Waals surface area contributed by atoms with Crippen LogP contribution >= 0.6 is 0 Å². The Kier molecular flexibility index (Phi) is 7.83. The zero-order valence-electron chi connectivity index (χ0n) is 25.0. The summed E-state index contributed by atoms with van der Waals surface area (Å²) >= 11 is 0. The van der Waals surface area contributed by atoms with Crippen LogP contribution in [0.15, 0.2) is 35.5 Å². The maximum atomic E-state index is 12.6. The molecule has 6 heteroatoms. The maximum absolute atomic E-state index is 12.6. The van der Waals surface area contributed by atoms with Crippen molar-refractivity contribution in [3.8, 4) is 0 Å². The largest absolute Gasteiger partial charge is 0.481 e. The quantitative estimate of drug-likeness (QED) is 0.254. The lowest BCUT2D eigenvalue weighted by Crippen LogP contribution is -2.57. The summed E-state index contributed by atoms with van der Waals surface area (Å²) in [4.78, 5) is 24.5. The van der Waals surface area contributed by atoms with Gasteiger partial charge >= 0.3 is 11.9 Å². The van der Waals surface area contributed by atoms with Crippen LogP contribution in [-0.2, 0) is 14.3 Å². The van der Waals surface area contributed by atoms with Crippen molar-refractivity contribution in [2.75, 3.05) is 6.61 Å². The lowest BCUT2D eigenvalue weighted by atomic mass is 9.44. The molecule has 0 saturated heterocycles. The molecule has 39 heavy (non-hydrogen) atoms. The number of aliphatic carboxylic acids is 1. The van der Waals surface area contributed by atoms with Gasteiger partial charge in [-0.3, -0.25) is 9.59 Å². The third-order valence-corrected chi connectivity index (χ3v) is 12.0. The van der Waals surface area contributed by atoms with Crippen molar-refractivity contribution in [1.29, 1.82) is 0 Å². The van der Waals surface area contributed by atoms with Crippen LogP contribution in [0.2, 0.25) is 0 Å². The van der Waals surface area contributed by atoms with Crippen molar-refractivity contribution >= 4 is 11.9 Å². The Morgan fingerprint density at radius 1 is 1.15 bits per heavy atom. The summed E-state index contributed by atoms with van der Waals surface area (Å²) in [5.74, 6) is -1.73. The highest BCUT2D eigenvalue weighted by atomic mass is 16.5. The molecule has 0 aliphatic heterocycles. The van der Waals surface area contributed by atoms with Crippen LogP contribution in [0.1, 0.15) is 93.4 Å². The number of allylic oxidation sites excluding steroid dienone is 5. The predicted molar refractivity (Wildman–Crippen MR) is 152 cm³/mol. The van der Waals surface area contributed by atoms with Gasteiger partial charge in [0.1, 0.15) is 6.10 Å². The van der Waals surface area contributed by atoms with E-state index < -0.39 is 28.8 Å². The van der Waals surface area contributed by atoms with E-state index in [2.05, 4.69) is 60.3 Å². The highest BCUT2D eigenvalue weighted by molar-refractivity contribution is 5.71. The number of carboxylic acid groups (broad SMARTS) is 1. The second-order valence-corrected chi connectivity index (χ2v) is 14.3. The van der Waals surface area contributed by atoms with E-state index in [1.807, 2.05) is 0 Å². The van der Waals surface area contributed by atoms with Gasteiger partial charge in [0.05, 0.1) is 18.6 Å². The number of carboxylic acids is 1. The van der Waals surface area contributed by atoms with E-state index in [9.17, 15) is 24.9 Å². The molecule has 0 aromatic rings. The maximum Gasteiger partial charge on any atom is 0.306 e. The summed E-state index contributed by atoms with van der Waals surface area (Å²) in [7, 11) is 0. The number of hydrogen-bond donors (Lipinski definition) is 3. The van der Waals surface area contributed by atoms with E-state index >= 15 is 0 Å². The smallest absolute Gasteiger partial charge is 0.306 e. The fourth-order valence-corrected chi connectivity index (χ4v) is 9.33. The van der Waals surface area contributed by atoms with Gasteiger partial charge in [0, 0.05) is 23.7 Å². The van der Waals surface area contributed by atoms with Crippen LogP contribution in [0.3, 0.4) is 0 Å². The molecule has 0 aromatic heterocycles. The Balaban J connectivity index is 1.72. The second kappa shape index (κ2) is 10.2. The molecule has 0 bridgehead atoms. The third kappa shape index (κ3) is 4.45. The average Bonchev–Trinajstić information content (AvgIpc) is 3.06. The number of esters is 1. The summed E-state index contributed by atoms with van der Waals surface area (Å²) in [6.45, 7) is 18.5. The molecule has 4 aliphatic rings. The monoisotopic (exact) mass is 542 g/mol. The summed E-state index contributed by atoms with van der Waals surface area (Å²) in [6, 6.07) is 0. The SMILES string of the molecule is C=C(CC[C@@H](C(=O)O)C1[C@H](O)C[C@@]2(C)C3=CC[C@H]4[C@@](C)(CO)[C@@H](OC(C)=O)CC[C@]4(C)C3=CC[C@]12C)C(C)C. The van der Waals surface area contributed by atoms with Gasteiger partial charge in [0.2, 0.25) is 0 Å². The molecule has 0 amide bonds. The first-order valence-electron chi connectivity index (χ1n) is 14.8. The highest BCUT2D eigenvalue weighted by Gasteiger charge is 2.67. The van der Waals surface area contributed by atoms with Crippen LogP contribution in [-0.4, -0.2) is 46.1 Å². The molecule has 0 radical (unpaired) electrons. The Morgan fingerprint density at radius 2 is 1.82 bits per heavy atom. The summed E-state index contributed by atoms with van der Waals surface area (Å²) < 4.78 is 5.73. The van der Waals surface area contributed by atoms with Crippen molar-refractivity contribution < 1.29 is 29.6 Å². The molecule has 3 N–H and O–H groups in total. The lowest BCUT2D eigenvalue weighted by Gasteiger charge is -2.61. The fraction of sp³-hybridized carbons (Fsp3) is 0.758. The zero-order chi connectivity index (χ0) is 29.1. The minimum absolute atomic E-state index is 0.0562. The Morgan fingerprint density at radius 3 is 2.38 bits per heavy atom. The number of rotatable bonds is 8. The van der Waals surface area contributed by atoms with Crippen molar-refractivity contribution in [2.24, 2.45) is 45.3 Å². The van der Waals surface area contributed by atoms with Crippen LogP contribution < -0.4 is 0 Å². The van der Waals surface area contributed by atoms with Gasteiger partial charge < -0.3 is 20.1 Å². The molecule has 9 atom stereocenters. The van der Waals surface area contributed by atoms with Crippen LogP contribution in [0.4, 0.5) is 0 Å². The zero-order valence-corrected chi connectivity index (χ0v) is 25.0. The van der Waals surface area contributed by atoms with E-state index in [-0.39, 0.29) is 41.3 Å². The number of aliphatic hydroxyl groups excluding tert-OH is 2. The Bertz CT molecular complexity index is 1090. The lowest BCUT2D eigenvalue weighted by molar-refractivity contribution is -0.173. The average molecular weight is 543 g/mol. The summed E-state index contributed by atoms with van der Waals surface area (Å²) in [6.07, 6.45) is 8.27. The minimum atomic E-state index is -0.831. The van der Waals surface area contributed by atoms with Crippen LogP contribution in [0.25, 0.3) is 0 Å². The number of carbonyl (C=O) groups excluding carboxylic acids is 1. The van der Waals surface area contributed by atoms with Crippen LogP contribution in [0.5, 0.6) is 0 Å². The fourth-order valence-electron chi connectivity index (χ4n) is 9.33. The summed E-state index contributed by atoms with van der Waals surface area (Å²) in [5.41, 5.74) is 2.06. The normalized spacial score (nSPS) is 42.0. The van der Waals surface area contributed by atoms with Gasteiger partial charge in [-0.05, 0) is 78.8 Å². The number of aliphatic hydroxyl groups is 2. The molecule has 0 heterocycles. The molecule has 0 aromatic carbocycles. The number of carbonyl (C=O) groups is 2. The number of fused-ring (bicyclic) bond motifs is 5. The Hall–Kier alpha value is -1.92. The van der Waals surface area contributed by atoms with Gasteiger partial charge in [0.15, 0.2) is 0 Å². The first kappa shape index (κ1) is 30.0. The molecule has 1 unspecified atom stereocenters. The van der Waals surface area contributed by atoms with Crippen molar-refractivity contribution in [2.45, 2.75) is 106 Å². The van der Waals surface area contributed by atoms with Gasteiger partial charge in [-0.2, -0.15) is 0 Å². The van der Waals surface area contributed by atoms with Gasteiger partial charge in [-0.1, -0.05) is 65.8 Å². The van der Waals surface area contributed by atoms with Gasteiger partial charge in [0.25, 0.3) is 0 Å². The predicted octanol–water partition coefficient (Wildman–Crippen LogP) is 6.08. The third-order valence-electron chi connectivity index (χ3n) is 12.0. The van der Waals surface area contributed by atoms with Crippen molar-refractivity contribution in [3.05, 3.63) is 35.5 Å². The number of hydrogen-bond acceptors (Lipinski definition) is 5. The van der Waals surface area contributed by atoms with Gasteiger partial charge in [-0.25, -0.2) is 0 Å². The highest BCUT2D eigenvalue weighted by Crippen LogP contribution is 2.72. The standard InChI is InChI=1S/C33H50O6/c1-19(2)20(3)9-10-22(29(37)38)28-25(36)17-33(8)24-11-12-26-30(5,23(24)13-16-32(28,33)7)15-14-27(39-21(4)35)31(26,6)18-34/h11,13,19,22,25-28,34,36H,3,9-10,12,14-18H2,1-2,4-8H3,(H,37,38)/t22-,25-,26-,27+,28?,30-,31-,32-,33+/m1/s1. The van der Waals surface area contributed by atoms with E-state index in [0.717, 1.165) is 18.4 Å². The topological polar surface area (TPSA) is 104 Å². The molecular weight excluding hydrogens is 492 g/mol. The first-order valence-corrected chi connectivity index (χ1v) is 14.8. The molecule has 4 rings (SSSR count). The molecule has 0 spiro atoms. The molecule has 4 aliphatic carbocycles. The molecule has 218 valence electrons. The van der Waals surface area contributed by atoms with Crippen molar-refractivity contribution in [1.82, 2.24) is 0 Å². The van der Waals surface area contributed by atoms with E-state index in [0.29, 0.717) is 38.0 Å². The van der Waals surface area contributed by atoms with E-state index in [4.69, 9.17) is 4.74 Å². The van der Waals surface area contributed by atoms with E-state index in [1.54, 1.807) is 0 Å². The second-order valence-electron chi connectivity index (χ2n) is 14.3. The Labute approximate surface area is 234 Å². The first-order chi connectivity index (χ1) is 18.1. The minimum Gasteiger partial charge on any atom is -0.481 e. The van der Waals surface area contributed by atoms with E-state index in [1.165, 1.54) is 18.1 Å². The number of ether oxygens (including phenoxy) is 1. The van der Waals surface area contributed by atoms with Gasteiger partial charge in [-0.15, -0.1) is 0 Å². The molecular formula is C33H50O6.